The van der Waals surface area contributed by atoms with E-state index in [2.05, 4.69) is 0 Å². The molecular formula is C14H12F2OS. The SMILES string of the molecule is CC(O)c1cccc(F)c1Sc1ccccc1F. The second-order valence-corrected chi connectivity index (χ2v) is 4.92. The summed E-state index contributed by atoms with van der Waals surface area (Å²) in [5, 5.41) is 9.60. The van der Waals surface area contributed by atoms with E-state index in [0.29, 0.717) is 10.5 Å². The van der Waals surface area contributed by atoms with Crippen molar-refractivity contribution in [2.75, 3.05) is 0 Å². The summed E-state index contributed by atoms with van der Waals surface area (Å²) >= 11 is 0.986. The van der Waals surface area contributed by atoms with Crippen molar-refractivity contribution < 1.29 is 13.9 Å². The molecule has 1 atom stereocenters. The average Bonchev–Trinajstić information content (AvgIpc) is 2.34. The molecule has 2 aromatic carbocycles. The third-order valence-corrected chi connectivity index (χ3v) is 3.68. The second kappa shape index (κ2) is 5.50. The summed E-state index contributed by atoms with van der Waals surface area (Å²) in [6.45, 7) is 1.56. The van der Waals surface area contributed by atoms with Gasteiger partial charge in [-0.05, 0) is 30.7 Å². The van der Waals surface area contributed by atoms with Crippen molar-refractivity contribution in [1.82, 2.24) is 0 Å². The van der Waals surface area contributed by atoms with Gasteiger partial charge in [-0.2, -0.15) is 0 Å². The van der Waals surface area contributed by atoms with Crippen LogP contribution in [0.5, 0.6) is 0 Å². The van der Waals surface area contributed by atoms with Crippen molar-refractivity contribution in [3.05, 3.63) is 59.7 Å². The van der Waals surface area contributed by atoms with Crippen LogP contribution in [0.15, 0.2) is 52.3 Å². The van der Waals surface area contributed by atoms with E-state index in [1.165, 1.54) is 18.2 Å². The van der Waals surface area contributed by atoms with Crippen LogP contribution in [-0.2, 0) is 0 Å². The molecule has 0 aliphatic carbocycles. The molecule has 0 spiro atoms. The number of halogens is 2. The summed E-state index contributed by atoms with van der Waals surface area (Å²) in [7, 11) is 0. The van der Waals surface area contributed by atoms with Gasteiger partial charge in [0.1, 0.15) is 11.6 Å². The first kappa shape index (κ1) is 13.1. The Morgan fingerprint density at radius 3 is 2.33 bits per heavy atom. The van der Waals surface area contributed by atoms with Gasteiger partial charge in [-0.25, -0.2) is 8.78 Å². The Hall–Kier alpha value is -1.39. The van der Waals surface area contributed by atoms with Crippen LogP contribution in [0.1, 0.15) is 18.6 Å². The molecule has 0 fully saturated rings. The molecule has 0 amide bonds. The largest absolute Gasteiger partial charge is 0.389 e. The highest BCUT2D eigenvalue weighted by Crippen LogP contribution is 2.36. The van der Waals surface area contributed by atoms with E-state index in [1.54, 1.807) is 31.2 Å². The number of aliphatic hydroxyl groups is 1. The Bertz CT molecular complexity index is 555. The smallest absolute Gasteiger partial charge is 0.137 e. The lowest BCUT2D eigenvalue weighted by molar-refractivity contribution is 0.195. The first-order chi connectivity index (χ1) is 8.59. The fraction of sp³-hybridized carbons (Fsp3) is 0.143. The fourth-order valence-corrected chi connectivity index (χ4v) is 2.65. The second-order valence-electron chi connectivity index (χ2n) is 3.87. The lowest BCUT2D eigenvalue weighted by Gasteiger charge is -2.12. The molecule has 0 aromatic heterocycles. The summed E-state index contributed by atoms with van der Waals surface area (Å²) in [5.41, 5.74) is 0.461. The zero-order chi connectivity index (χ0) is 13.1. The third kappa shape index (κ3) is 2.71. The molecule has 1 unspecified atom stereocenters. The predicted octanol–water partition coefficient (Wildman–Crippen LogP) is 4.17. The zero-order valence-corrected chi connectivity index (χ0v) is 10.5. The average molecular weight is 266 g/mol. The highest BCUT2D eigenvalue weighted by molar-refractivity contribution is 7.99. The van der Waals surface area contributed by atoms with E-state index < -0.39 is 17.7 Å². The van der Waals surface area contributed by atoms with E-state index in [0.717, 1.165) is 11.8 Å². The van der Waals surface area contributed by atoms with Gasteiger partial charge in [0.25, 0.3) is 0 Å². The Morgan fingerprint density at radius 1 is 1.00 bits per heavy atom. The molecule has 0 saturated heterocycles. The Labute approximate surface area is 108 Å². The minimum Gasteiger partial charge on any atom is -0.389 e. The maximum absolute atomic E-state index is 13.8. The molecule has 1 nitrogen and oxygen atoms in total. The number of rotatable bonds is 3. The summed E-state index contributed by atoms with van der Waals surface area (Å²) < 4.78 is 27.3. The van der Waals surface area contributed by atoms with Crippen LogP contribution in [0.4, 0.5) is 8.78 Å². The topological polar surface area (TPSA) is 20.2 Å². The van der Waals surface area contributed by atoms with Gasteiger partial charge >= 0.3 is 0 Å². The molecule has 94 valence electrons. The van der Waals surface area contributed by atoms with Gasteiger partial charge in [-0.3, -0.25) is 0 Å². The summed E-state index contributed by atoms with van der Waals surface area (Å²) in [6, 6.07) is 10.6. The van der Waals surface area contributed by atoms with Crippen LogP contribution < -0.4 is 0 Å². The van der Waals surface area contributed by atoms with Crippen molar-refractivity contribution in [3.8, 4) is 0 Å². The van der Waals surface area contributed by atoms with Gasteiger partial charge in [-0.1, -0.05) is 36.0 Å². The van der Waals surface area contributed by atoms with Crippen LogP contribution in [-0.4, -0.2) is 5.11 Å². The number of hydrogen-bond donors (Lipinski definition) is 1. The monoisotopic (exact) mass is 266 g/mol. The maximum Gasteiger partial charge on any atom is 0.137 e. The molecule has 0 aliphatic rings. The van der Waals surface area contributed by atoms with Crippen LogP contribution >= 0.6 is 11.8 Å². The predicted molar refractivity (Wildman–Crippen MR) is 67.6 cm³/mol. The van der Waals surface area contributed by atoms with Crippen molar-refractivity contribution >= 4 is 11.8 Å². The highest BCUT2D eigenvalue weighted by Gasteiger charge is 2.15. The first-order valence-corrected chi connectivity index (χ1v) is 6.30. The maximum atomic E-state index is 13.8. The van der Waals surface area contributed by atoms with E-state index in [1.807, 2.05) is 0 Å². The molecule has 0 bridgehead atoms. The molecule has 1 N–H and O–H groups in total. The molecule has 0 radical (unpaired) electrons. The number of hydrogen-bond acceptors (Lipinski definition) is 2. The highest BCUT2D eigenvalue weighted by atomic mass is 32.2. The third-order valence-electron chi connectivity index (χ3n) is 2.50. The van der Waals surface area contributed by atoms with Gasteiger partial charge in [0.2, 0.25) is 0 Å². The molecular weight excluding hydrogens is 254 g/mol. The lowest BCUT2D eigenvalue weighted by Crippen LogP contribution is -1.96. The first-order valence-electron chi connectivity index (χ1n) is 5.48. The van der Waals surface area contributed by atoms with E-state index in [9.17, 15) is 13.9 Å². The summed E-state index contributed by atoms with van der Waals surface area (Å²) in [6.07, 6.45) is -0.796. The van der Waals surface area contributed by atoms with Crippen molar-refractivity contribution in [1.29, 1.82) is 0 Å². The molecule has 2 aromatic rings. The van der Waals surface area contributed by atoms with Crippen LogP contribution in [0, 0.1) is 11.6 Å². The quantitative estimate of drug-likeness (QED) is 0.899. The Morgan fingerprint density at radius 2 is 1.67 bits per heavy atom. The Balaban J connectivity index is 2.43. The number of benzene rings is 2. The van der Waals surface area contributed by atoms with Crippen LogP contribution in [0.2, 0.25) is 0 Å². The van der Waals surface area contributed by atoms with E-state index >= 15 is 0 Å². The molecule has 4 heteroatoms. The normalized spacial score (nSPS) is 12.4. The minimum absolute atomic E-state index is 0.262. The lowest BCUT2D eigenvalue weighted by atomic mass is 10.1. The molecule has 0 heterocycles. The molecule has 2 rings (SSSR count). The minimum atomic E-state index is -0.796. The van der Waals surface area contributed by atoms with E-state index in [-0.39, 0.29) is 4.90 Å². The standard InChI is InChI=1S/C14H12F2OS/c1-9(17)10-5-4-7-12(16)14(10)18-13-8-3-2-6-11(13)15/h2-9,17H,1H3. The molecule has 18 heavy (non-hydrogen) atoms. The van der Waals surface area contributed by atoms with Gasteiger partial charge in [-0.15, -0.1) is 0 Å². The Kier molecular flexibility index (Phi) is 3.99. The summed E-state index contributed by atoms with van der Waals surface area (Å²) in [5.74, 6) is -0.857. The van der Waals surface area contributed by atoms with Crippen LogP contribution in [0.3, 0.4) is 0 Å². The zero-order valence-electron chi connectivity index (χ0n) is 9.73. The van der Waals surface area contributed by atoms with Gasteiger partial charge in [0.05, 0.1) is 11.0 Å². The van der Waals surface area contributed by atoms with Crippen molar-refractivity contribution in [2.24, 2.45) is 0 Å². The number of aliphatic hydroxyl groups excluding tert-OH is 1. The molecule has 0 saturated carbocycles. The fourth-order valence-electron chi connectivity index (χ4n) is 1.60. The van der Waals surface area contributed by atoms with Gasteiger partial charge in [0.15, 0.2) is 0 Å². The molecule has 0 aliphatic heterocycles. The van der Waals surface area contributed by atoms with Crippen molar-refractivity contribution in [3.63, 3.8) is 0 Å². The van der Waals surface area contributed by atoms with Crippen molar-refractivity contribution in [2.45, 2.75) is 22.8 Å². The summed E-state index contributed by atoms with van der Waals surface area (Å²) in [4.78, 5) is 0.599. The van der Waals surface area contributed by atoms with E-state index in [4.69, 9.17) is 0 Å². The van der Waals surface area contributed by atoms with Gasteiger partial charge < -0.3 is 5.11 Å². The van der Waals surface area contributed by atoms with Crippen LogP contribution in [0.25, 0.3) is 0 Å². The van der Waals surface area contributed by atoms with Gasteiger partial charge in [0, 0.05) is 4.90 Å².